The number of rotatable bonds is 9. The molecule has 12 nitrogen and oxygen atoms in total. The largest absolute Gasteiger partial charge is 0.493 e. The van der Waals surface area contributed by atoms with Crippen molar-refractivity contribution >= 4 is 40.3 Å². The number of amides is 3. The number of carbonyl (C=O) groups excluding carboxylic acids is 3. The standard InChI is InChI=1S/C33H35N3O9/c1-18(34-32(40)45-33(2,3)4)30(38)35-22-13-9-11-20(15-22)31(39)36-21-12-8-10-19(14-21)24-16-23(37)27-25(44-24)17-26(41-5)28(42-6)29(27)43-7/h8-18H,1-7H3,(H,34,40)(H,35,38)(H,36,39)/t18-/m0/s1. The van der Waals surface area contributed by atoms with Crippen molar-refractivity contribution in [2.75, 3.05) is 32.0 Å². The molecule has 1 atom stereocenters. The van der Waals surface area contributed by atoms with Crippen molar-refractivity contribution in [1.82, 2.24) is 5.32 Å². The van der Waals surface area contributed by atoms with E-state index in [1.54, 1.807) is 69.3 Å². The topological polar surface area (TPSA) is 154 Å². The van der Waals surface area contributed by atoms with E-state index in [9.17, 15) is 19.2 Å². The van der Waals surface area contributed by atoms with Crippen molar-refractivity contribution in [3.63, 3.8) is 0 Å². The minimum Gasteiger partial charge on any atom is -0.493 e. The van der Waals surface area contributed by atoms with E-state index < -0.39 is 29.6 Å². The van der Waals surface area contributed by atoms with Gasteiger partial charge in [-0.2, -0.15) is 0 Å². The van der Waals surface area contributed by atoms with Crippen LogP contribution in [0, 0.1) is 0 Å². The Kier molecular flexibility index (Phi) is 9.66. The third-order valence-electron chi connectivity index (χ3n) is 6.45. The quantitative estimate of drug-likeness (QED) is 0.218. The Morgan fingerprint density at radius 3 is 2.13 bits per heavy atom. The van der Waals surface area contributed by atoms with Gasteiger partial charge in [0.15, 0.2) is 16.9 Å². The number of ether oxygens (including phenoxy) is 4. The summed E-state index contributed by atoms with van der Waals surface area (Å²) in [6.07, 6.45) is -0.719. The van der Waals surface area contributed by atoms with Crippen LogP contribution in [0.25, 0.3) is 22.3 Å². The molecule has 0 fully saturated rings. The average molecular weight is 618 g/mol. The van der Waals surface area contributed by atoms with Gasteiger partial charge in [-0.1, -0.05) is 18.2 Å². The van der Waals surface area contributed by atoms with E-state index in [-0.39, 0.29) is 39.2 Å². The van der Waals surface area contributed by atoms with Crippen molar-refractivity contribution in [2.45, 2.75) is 39.3 Å². The fourth-order valence-corrected chi connectivity index (χ4v) is 4.42. The first-order valence-electron chi connectivity index (χ1n) is 13.9. The van der Waals surface area contributed by atoms with Crippen LogP contribution in [-0.2, 0) is 9.53 Å². The molecule has 1 heterocycles. The number of alkyl carbamates (subject to hydrolysis) is 1. The molecule has 1 aromatic heterocycles. The van der Waals surface area contributed by atoms with E-state index in [0.717, 1.165) is 0 Å². The summed E-state index contributed by atoms with van der Waals surface area (Å²) in [6, 6.07) is 15.1. The first-order valence-corrected chi connectivity index (χ1v) is 13.9. The molecule has 45 heavy (non-hydrogen) atoms. The van der Waals surface area contributed by atoms with Crippen molar-refractivity contribution in [3.05, 3.63) is 76.5 Å². The summed E-state index contributed by atoms with van der Waals surface area (Å²) in [4.78, 5) is 50.9. The van der Waals surface area contributed by atoms with E-state index in [0.29, 0.717) is 22.7 Å². The minimum atomic E-state index is -0.889. The highest BCUT2D eigenvalue weighted by molar-refractivity contribution is 6.06. The lowest BCUT2D eigenvalue weighted by Crippen LogP contribution is -2.44. The molecule has 4 aromatic rings. The molecule has 0 radical (unpaired) electrons. The molecule has 3 aromatic carbocycles. The number of nitrogens with one attached hydrogen (secondary N) is 3. The second-order valence-electron chi connectivity index (χ2n) is 11.0. The molecule has 3 N–H and O–H groups in total. The summed E-state index contributed by atoms with van der Waals surface area (Å²) >= 11 is 0. The molecule has 0 saturated heterocycles. The van der Waals surface area contributed by atoms with Gasteiger partial charge in [-0.3, -0.25) is 14.4 Å². The van der Waals surface area contributed by atoms with Gasteiger partial charge in [0.2, 0.25) is 11.7 Å². The summed E-state index contributed by atoms with van der Waals surface area (Å²) in [5, 5.41) is 8.18. The van der Waals surface area contributed by atoms with Gasteiger partial charge in [-0.25, -0.2) is 4.79 Å². The molecule has 0 saturated carbocycles. The lowest BCUT2D eigenvalue weighted by atomic mass is 10.1. The fourth-order valence-electron chi connectivity index (χ4n) is 4.42. The van der Waals surface area contributed by atoms with Crippen molar-refractivity contribution in [3.8, 4) is 28.6 Å². The molecular formula is C33H35N3O9. The second kappa shape index (κ2) is 13.4. The number of anilines is 2. The van der Waals surface area contributed by atoms with E-state index in [2.05, 4.69) is 16.0 Å². The van der Waals surface area contributed by atoms with Crippen LogP contribution in [0.5, 0.6) is 17.2 Å². The Hall–Kier alpha value is -5.52. The minimum absolute atomic E-state index is 0.195. The second-order valence-corrected chi connectivity index (χ2v) is 11.0. The van der Waals surface area contributed by atoms with Gasteiger partial charge < -0.3 is 39.3 Å². The maximum Gasteiger partial charge on any atom is 0.408 e. The highest BCUT2D eigenvalue weighted by Crippen LogP contribution is 2.42. The van der Waals surface area contributed by atoms with Crippen molar-refractivity contribution in [2.24, 2.45) is 0 Å². The number of carbonyl (C=O) groups is 3. The van der Waals surface area contributed by atoms with Crippen LogP contribution in [0.15, 0.2) is 69.9 Å². The van der Waals surface area contributed by atoms with E-state index >= 15 is 0 Å². The van der Waals surface area contributed by atoms with Gasteiger partial charge in [-0.15, -0.1) is 0 Å². The predicted octanol–water partition coefficient (Wildman–Crippen LogP) is 5.59. The molecule has 0 aliphatic heterocycles. The molecule has 0 aliphatic rings. The smallest absolute Gasteiger partial charge is 0.408 e. The van der Waals surface area contributed by atoms with E-state index in [1.807, 2.05) is 0 Å². The number of hydrogen-bond acceptors (Lipinski definition) is 9. The molecule has 12 heteroatoms. The Morgan fingerprint density at radius 2 is 1.49 bits per heavy atom. The first-order chi connectivity index (χ1) is 21.3. The van der Waals surface area contributed by atoms with Crippen LogP contribution in [0.3, 0.4) is 0 Å². The average Bonchev–Trinajstić information content (AvgIpc) is 2.99. The number of methoxy groups -OCH3 is 3. The molecule has 0 spiro atoms. The Morgan fingerprint density at radius 1 is 0.822 bits per heavy atom. The maximum absolute atomic E-state index is 13.2. The lowest BCUT2D eigenvalue weighted by molar-refractivity contribution is -0.117. The van der Waals surface area contributed by atoms with Gasteiger partial charge in [-0.05, 0) is 58.0 Å². The SMILES string of the molecule is COc1cc2oc(-c3cccc(NC(=O)c4cccc(NC(=O)[C@H](C)NC(=O)OC(C)(C)C)c4)c3)cc(=O)c2c(OC)c1OC. The molecule has 0 aliphatic carbocycles. The van der Waals surface area contributed by atoms with Crippen LogP contribution >= 0.6 is 0 Å². The molecule has 0 bridgehead atoms. The van der Waals surface area contributed by atoms with Crippen molar-refractivity contribution in [1.29, 1.82) is 0 Å². The lowest BCUT2D eigenvalue weighted by Gasteiger charge is -2.21. The van der Waals surface area contributed by atoms with Crippen LogP contribution in [0.1, 0.15) is 38.1 Å². The van der Waals surface area contributed by atoms with Crippen LogP contribution in [0.4, 0.5) is 16.2 Å². The molecule has 0 unspecified atom stereocenters. The van der Waals surface area contributed by atoms with E-state index in [1.165, 1.54) is 40.4 Å². The maximum atomic E-state index is 13.2. The first kappa shape index (κ1) is 32.4. The highest BCUT2D eigenvalue weighted by Gasteiger charge is 2.22. The molecule has 4 rings (SSSR count). The van der Waals surface area contributed by atoms with E-state index in [4.69, 9.17) is 23.4 Å². The summed E-state index contributed by atoms with van der Waals surface area (Å²) < 4.78 is 27.5. The third-order valence-corrected chi connectivity index (χ3v) is 6.45. The summed E-state index contributed by atoms with van der Waals surface area (Å²) in [5.74, 6) is 0.127. The van der Waals surface area contributed by atoms with Crippen molar-refractivity contribution < 1.29 is 37.7 Å². The Labute approximate surface area is 259 Å². The monoisotopic (exact) mass is 617 g/mol. The molecule has 3 amide bonds. The number of benzene rings is 3. The molecule has 236 valence electrons. The van der Waals surface area contributed by atoms with Gasteiger partial charge >= 0.3 is 6.09 Å². The van der Waals surface area contributed by atoms with Gasteiger partial charge in [0, 0.05) is 34.6 Å². The normalized spacial score (nSPS) is 11.7. The zero-order valence-electron chi connectivity index (χ0n) is 26.0. The predicted molar refractivity (Wildman–Crippen MR) is 169 cm³/mol. The summed E-state index contributed by atoms with van der Waals surface area (Å²) in [5.41, 5.74) is 0.782. The summed E-state index contributed by atoms with van der Waals surface area (Å²) in [7, 11) is 4.33. The fraction of sp³-hybridized carbons (Fsp3) is 0.273. The number of fused-ring (bicyclic) bond motifs is 1. The van der Waals surface area contributed by atoms with Gasteiger partial charge in [0.1, 0.15) is 28.4 Å². The van der Waals surface area contributed by atoms with Crippen LogP contribution in [0.2, 0.25) is 0 Å². The van der Waals surface area contributed by atoms with Crippen LogP contribution in [-0.4, -0.2) is 50.9 Å². The number of hydrogen-bond donors (Lipinski definition) is 3. The molecular weight excluding hydrogens is 582 g/mol. The zero-order valence-corrected chi connectivity index (χ0v) is 26.0. The zero-order chi connectivity index (χ0) is 32.9. The Bertz CT molecular complexity index is 1810. The van der Waals surface area contributed by atoms with Gasteiger partial charge in [0.25, 0.3) is 5.91 Å². The third kappa shape index (κ3) is 7.71. The van der Waals surface area contributed by atoms with Gasteiger partial charge in [0.05, 0.1) is 21.3 Å². The summed E-state index contributed by atoms with van der Waals surface area (Å²) in [6.45, 7) is 6.68. The highest BCUT2D eigenvalue weighted by atomic mass is 16.6. The Balaban J connectivity index is 1.52. The van der Waals surface area contributed by atoms with Crippen LogP contribution < -0.4 is 35.6 Å².